The van der Waals surface area contributed by atoms with E-state index in [9.17, 15) is 4.79 Å². The van der Waals surface area contributed by atoms with Gasteiger partial charge in [0.25, 0.3) is 0 Å². The van der Waals surface area contributed by atoms with E-state index in [1.807, 2.05) is 48.5 Å². The normalized spacial score (nSPS) is 11.3. The van der Waals surface area contributed by atoms with Crippen LogP contribution in [0.15, 0.2) is 0 Å². The predicted octanol–water partition coefficient (Wildman–Crippen LogP) is 5.63. The maximum atomic E-state index is 10.6. The van der Waals surface area contributed by atoms with Crippen molar-refractivity contribution in [2.24, 2.45) is 0 Å². The second-order valence-electron chi connectivity index (χ2n) is 10.9. The van der Waals surface area contributed by atoms with Crippen molar-refractivity contribution in [1.29, 1.82) is 0 Å². The summed E-state index contributed by atoms with van der Waals surface area (Å²) in [4.78, 5) is 10.6. The maximum Gasteiger partial charge on any atom is 0.306 e. The molecule has 0 bridgehead atoms. The largest absolute Gasteiger partial charge is 0.460 e. The summed E-state index contributed by atoms with van der Waals surface area (Å²) >= 11 is 0. The minimum absolute atomic E-state index is 0.137. The second kappa shape index (κ2) is 28.3. The number of aliphatic hydroxyl groups is 6. The molecule has 0 atom stereocenters. The SMILES string of the molecule is CCC(=O)OC(C)(C)C.CCC(C)(O)O.CCC(C)(O)O.CCC(C)(O)O.CCCC.CCOC(C)(C)OCC. The number of carbonyl (C=O) groups is 1. The van der Waals surface area contributed by atoms with Gasteiger partial charge >= 0.3 is 5.97 Å². The molecule has 40 heavy (non-hydrogen) atoms. The number of rotatable bonds is 9. The molecule has 10 heteroatoms. The lowest BCUT2D eigenvalue weighted by atomic mass is 10.2. The van der Waals surface area contributed by atoms with Crippen LogP contribution >= 0.6 is 0 Å². The molecule has 0 aromatic rings. The third kappa shape index (κ3) is 83.2. The summed E-state index contributed by atoms with van der Waals surface area (Å²) in [5, 5.41) is 50.3. The van der Waals surface area contributed by atoms with E-state index in [4.69, 9.17) is 44.8 Å². The van der Waals surface area contributed by atoms with Crippen LogP contribution in [0.3, 0.4) is 0 Å². The maximum absolute atomic E-state index is 10.6. The summed E-state index contributed by atoms with van der Waals surface area (Å²) < 4.78 is 15.4. The molecule has 10 nitrogen and oxygen atoms in total. The summed E-state index contributed by atoms with van der Waals surface area (Å²) in [5.41, 5.74) is -0.326. The molecule has 0 aliphatic heterocycles. The standard InChI is InChI=1S/C7H14O2.C7H16O2.3C4H10O2.C4H10/c1-5-6(8)9-7(2,3)4;1-5-8-7(3,4)9-6-2;3*1-3-4(2,5)6;1-3-4-2/h5H2,1-4H3;5-6H2,1-4H3;3*5-6H,3H2,1-2H3;3-4H2,1-2H3. The average Bonchev–Trinajstić information content (AvgIpc) is 2.78. The Hall–Kier alpha value is -0.850. The second-order valence-corrected chi connectivity index (χ2v) is 10.9. The first kappa shape index (κ1) is 51.9. The van der Waals surface area contributed by atoms with Gasteiger partial charge in [0.05, 0.1) is 0 Å². The van der Waals surface area contributed by atoms with Gasteiger partial charge in [0, 0.05) is 19.6 Å². The van der Waals surface area contributed by atoms with Gasteiger partial charge in [-0.15, -0.1) is 0 Å². The van der Waals surface area contributed by atoms with E-state index >= 15 is 0 Å². The van der Waals surface area contributed by atoms with Gasteiger partial charge in [0.1, 0.15) is 5.60 Å². The van der Waals surface area contributed by atoms with Gasteiger partial charge in [-0.1, -0.05) is 54.4 Å². The first-order valence-corrected chi connectivity index (χ1v) is 14.5. The number of unbranched alkanes of at least 4 members (excludes halogenated alkanes) is 1. The fourth-order valence-corrected chi connectivity index (χ4v) is 1.15. The highest BCUT2D eigenvalue weighted by Crippen LogP contribution is 2.09. The lowest BCUT2D eigenvalue weighted by Crippen LogP contribution is -2.28. The van der Waals surface area contributed by atoms with Crippen molar-refractivity contribution in [3.8, 4) is 0 Å². The summed E-state index contributed by atoms with van der Waals surface area (Å²) in [6.45, 7) is 30.1. The van der Waals surface area contributed by atoms with Crippen molar-refractivity contribution in [3.05, 3.63) is 0 Å². The lowest BCUT2D eigenvalue weighted by molar-refractivity contribution is -0.207. The topological polar surface area (TPSA) is 166 Å². The van der Waals surface area contributed by atoms with Crippen LogP contribution < -0.4 is 0 Å². The van der Waals surface area contributed by atoms with Crippen LogP contribution in [0.2, 0.25) is 0 Å². The van der Waals surface area contributed by atoms with Crippen LogP contribution in [-0.4, -0.2) is 78.6 Å². The van der Waals surface area contributed by atoms with Crippen molar-refractivity contribution in [1.82, 2.24) is 0 Å². The highest BCUT2D eigenvalue weighted by molar-refractivity contribution is 5.69. The van der Waals surface area contributed by atoms with Crippen LogP contribution in [0.5, 0.6) is 0 Å². The van der Waals surface area contributed by atoms with Crippen LogP contribution in [0.4, 0.5) is 0 Å². The van der Waals surface area contributed by atoms with Gasteiger partial charge in [0.15, 0.2) is 23.1 Å². The molecular formula is C30H70O10. The Balaban J connectivity index is -0.0000000885. The van der Waals surface area contributed by atoms with E-state index in [2.05, 4.69) is 13.8 Å². The van der Waals surface area contributed by atoms with Gasteiger partial charge in [-0.3, -0.25) is 4.79 Å². The van der Waals surface area contributed by atoms with E-state index in [1.165, 1.54) is 33.6 Å². The zero-order valence-corrected chi connectivity index (χ0v) is 29.0. The fourth-order valence-electron chi connectivity index (χ4n) is 1.15. The molecule has 0 aromatic heterocycles. The Labute approximate surface area is 247 Å². The third-order valence-corrected chi connectivity index (χ3v) is 4.20. The van der Waals surface area contributed by atoms with Gasteiger partial charge in [-0.05, 0) is 88.5 Å². The number of hydrogen-bond donors (Lipinski definition) is 6. The van der Waals surface area contributed by atoms with E-state index in [0.717, 1.165) is 0 Å². The first-order chi connectivity index (χ1) is 17.7. The zero-order chi connectivity index (χ0) is 33.9. The quantitative estimate of drug-likeness (QED) is 0.146. The fraction of sp³-hybridized carbons (Fsp3) is 0.967. The van der Waals surface area contributed by atoms with Gasteiger partial charge in [0.2, 0.25) is 0 Å². The highest BCUT2D eigenvalue weighted by atomic mass is 16.7. The Morgan fingerprint density at radius 1 is 0.525 bits per heavy atom. The van der Waals surface area contributed by atoms with Crippen LogP contribution in [-0.2, 0) is 19.0 Å². The third-order valence-electron chi connectivity index (χ3n) is 4.20. The molecule has 0 aliphatic carbocycles. The molecule has 0 radical (unpaired) electrons. The van der Waals surface area contributed by atoms with Crippen molar-refractivity contribution >= 4 is 5.97 Å². The number of ether oxygens (including phenoxy) is 3. The number of esters is 1. The molecule has 0 aliphatic rings. The molecule has 0 rings (SSSR count). The lowest BCUT2D eigenvalue weighted by Gasteiger charge is -2.23. The van der Waals surface area contributed by atoms with Crippen LogP contribution in [0, 0.1) is 0 Å². The Morgan fingerprint density at radius 2 is 0.750 bits per heavy atom. The van der Waals surface area contributed by atoms with Crippen molar-refractivity contribution < 1.29 is 49.6 Å². The van der Waals surface area contributed by atoms with Crippen molar-refractivity contribution in [2.45, 2.75) is 178 Å². The molecule has 0 amide bonds. The molecule has 0 saturated carbocycles. The molecule has 0 spiro atoms. The van der Waals surface area contributed by atoms with Crippen LogP contribution in [0.25, 0.3) is 0 Å². The molecule has 0 saturated heterocycles. The summed E-state index contributed by atoms with van der Waals surface area (Å²) in [5.74, 6) is -4.91. The number of hydrogen-bond acceptors (Lipinski definition) is 10. The Kier molecular flexibility index (Phi) is 36.7. The molecule has 250 valence electrons. The molecule has 6 N–H and O–H groups in total. The number of carbonyl (C=O) groups excluding carboxylic acids is 1. The smallest absolute Gasteiger partial charge is 0.306 e. The van der Waals surface area contributed by atoms with Crippen molar-refractivity contribution in [3.63, 3.8) is 0 Å². The summed E-state index contributed by atoms with van der Waals surface area (Å²) in [6.07, 6.45) is 4.24. The molecule has 0 unspecified atom stereocenters. The Morgan fingerprint density at radius 3 is 0.825 bits per heavy atom. The average molecular weight is 591 g/mol. The minimum atomic E-state index is -1.46. The molecule has 0 aromatic carbocycles. The van der Waals surface area contributed by atoms with Gasteiger partial charge < -0.3 is 44.8 Å². The Bertz CT molecular complexity index is 465. The van der Waals surface area contributed by atoms with Gasteiger partial charge in [-0.2, -0.15) is 0 Å². The van der Waals surface area contributed by atoms with E-state index in [0.29, 0.717) is 38.9 Å². The summed E-state index contributed by atoms with van der Waals surface area (Å²) in [6, 6.07) is 0. The first-order valence-electron chi connectivity index (χ1n) is 14.5. The van der Waals surface area contributed by atoms with Crippen molar-refractivity contribution in [2.75, 3.05) is 13.2 Å². The van der Waals surface area contributed by atoms with E-state index in [1.54, 1.807) is 27.7 Å². The monoisotopic (exact) mass is 590 g/mol. The van der Waals surface area contributed by atoms with Crippen LogP contribution in [0.1, 0.15) is 149 Å². The van der Waals surface area contributed by atoms with E-state index in [-0.39, 0.29) is 11.6 Å². The predicted molar refractivity (Wildman–Crippen MR) is 163 cm³/mol. The zero-order valence-electron chi connectivity index (χ0n) is 29.0. The molecular weight excluding hydrogens is 520 g/mol. The van der Waals surface area contributed by atoms with Gasteiger partial charge in [-0.25, -0.2) is 0 Å². The molecule has 0 fully saturated rings. The highest BCUT2D eigenvalue weighted by Gasteiger charge is 2.16. The summed E-state index contributed by atoms with van der Waals surface area (Å²) in [7, 11) is 0. The minimum Gasteiger partial charge on any atom is -0.460 e. The van der Waals surface area contributed by atoms with E-state index < -0.39 is 23.1 Å². The molecule has 0 heterocycles.